The highest BCUT2D eigenvalue weighted by Crippen LogP contribution is 2.68. The van der Waals surface area contributed by atoms with E-state index >= 15 is 0 Å². The van der Waals surface area contributed by atoms with E-state index in [0.29, 0.717) is 18.7 Å². The maximum absolute atomic E-state index is 14.2. The van der Waals surface area contributed by atoms with Gasteiger partial charge in [0.2, 0.25) is 0 Å². The van der Waals surface area contributed by atoms with Crippen LogP contribution in [0.15, 0.2) is 24.3 Å². The lowest BCUT2D eigenvalue weighted by Gasteiger charge is -2.45. The lowest BCUT2D eigenvalue weighted by molar-refractivity contribution is 0.0166. The molecule has 1 fully saturated rings. The molecule has 2 aromatic rings. The Bertz CT molecular complexity index is 927. The van der Waals surface area contributed by atoms with Crippen LogP contribution < -0.4 is 0 Å². The summed E-state index contributed by atoms with van der Waals surface area (Å²) in [6.45, 7) is 6.22. The lowest BCUT2D eigenvalue weighted by atomic mass is 9.74. The Morgan fingerprint density at radius 3 is 2.56 bits per heavy atom. The number of amides is 1. The summed E-state index contributed by atoms with van der Waals surface area (Å²) in [5.41, 5.74) is 0.249. The fourth-order valence-electron chi connectivity index (χ4n) is 5.33. The Labute approximate surface area is 156 Å². The van der Waals surface area contributed by atoms with E-state index in [0.717, 1.165) is 12.0 Å². The minimum Gasteiger partial charge on any atom is -0.465 e. The molecule has 0 radical (unpaired) electrons. The van der Waals surface area contributed by atoms with Crippen molar-refractivity contribution in [1.29, 1.82) is 0 Å². The summed E-state index contributed by atoms with van der Waals surface area (Å²) in [7, 11) is 0. The summed E-state index contributed by atoms with van der Waals surface area (Å²) < 4.78 is 28.4. The molecule has 4 rings (SSSR count). The van der Waals surface area contributed by atoms with Gasteiger partial charge in [-0.2, -0.15) is 5.10 Å². The Hall–Kier alpha value is -2.57. The van der Waals surface area contributed by atoms with Crippen molar-refractivity contribution in [2.24, 2.45) is 5.41 Å². The second-order valence-corrected chi connectivity index (χ2v) is 7.83. The second kappa shape index (κ2) is 5.71. The van der Waals surface area contributed by atoms with E-state index in [1.54, 1.807) is 13.0 Å². The number of hydrogen-bond donors (Lipinski definition) is 1. The molecule has 7 heteroatoms. The molecular formula is C20H21F2N3O2. The van der Waals surface area contributed by atoms with Gasteiger partial charge in [-0.1, -0.05) is 19.9 Å². The summed E-state index contributed by atoms with van der Waals surface area (Å²) in [6, 6.07) is 5.37. The monoisotopic (exact) mass is 373 g/mol. The number of nitrogens with zero attached hydrogens (tertiary/aromatic N) is 3. The van der Waals surface area contributed by atoms with Gasteiger partial charge in [-0.3, -0.25) is 4.90 Å². The van der Waals surface area contributed by atoms with Gasteiger partial charge in [-0.15, -0.1) is 5.10 Å². The number of fused-ring (bicyclic) bond motifs is 5. The first-order valence-electron chi connectivity index (χ1n) is 9.08. The molecule has 0 spiro atoms. The van der Waals surface area contributed by atoms with Crippen LogP contribution in [0.25, 0.3) is 11.3 Å². The molecule has 1 N–H and O–H groups in total. The highest BCUT2D eigenvalue weighted by atomic mass is 19.1. The standard InChI is InChI=1S/C20H21F2N3O2/c1-4-25(18(26)27)20-9-8-12(19(20,2)3)11-10-15(23-24-17(11)20)16-13(21)6-5-7-14(16)22/h5-7,10,12H,4,8-9H2,1-3H3,(H,26,27)/t12-,20-/m0/s1. The van der Waals surface area contributed by atoms with Crippen molar-refractivity contribution in [2.75, 3.05) is 6.54 Å². The van der Waals surface area contributed by atoms with Crippen LogP contribution in [-0.2, 0) is 5.54 Å². The predicted molar refractivity (Wildman–Crippen MR) is 95.2 cm³/mol. The fraction of sp³-hybridized carbons (Fsp3) is 0.450. The third kappa shape index (κ3) is 2.11. The molecule has 27 heavy (non-hydrogen) atoms. The third-order valence-electron chi connectivity index (χ3n) is 6.55. The van der Waals surface area contributed by atoms with Crippen molar-refractivity contribution in [3.63, 3.8) is 0 Å². The van der Waals surface area contributed by atoms with E-state index < -0.39 is 23.3 Å². The summed E-state index contributed by atoms with van der Waals surface area (Å²) in [4.78, 5) is 13.4. The number of aromatic nitrogens is 2. The van der Waals surface area contributed by atoms with Crippen LogP contribution in [0, 0.1) is 17.0 Å². The molecule has 1 amide bonds. The Balaban J connectivity index is 1.93. The summed E-state index contributed by atoms with van der Waals surface area (Å²) in [5, 5.41) is 18.2. The molecule has 1 aromatic carbocycles. The molecule has 2 aliphatic rings. The van der Waals surface area contributed by atoms with Crippen LogP contribution in [0.5, 0.6) is 0 Å². The Morgan fingerprint density at radius 2 is 1.96 bits per heavy atom. The number of hydrogen-bond acceptors (Lipinski definition) is 3. The first-order chi connectivity index (χ1) is 12.8. The van der Waals surface area contributed by atoms with Crippen molar-refractivity contribution in [3.8, 4) is 11.3 Å². The normalized spacial score (nSPS) is 24.7. The number of benzene rings is 1. The van der Waals surface area contributed by atoms with Gasteiger partial charge in [0.1, 0.15) is 11.6 Å². The van der Waals surface area contributed by atoms with E-state index in [4.69, 9.17) is 0 Å². The first kappa shape index (κ1) is 17.8. The molecule has 0 aliphatic heterocycles. The van der Waals surface area contributed by atoms with E-state index in [-0.39, 0.29) is 22.6 Å². The van der Waals surface area contributed by atoms with Gasteiger partial charge in [0, 0.05) is 12.0 Å². The van der Waals surface area contributed by atoms with Crippen LogP contribution in [-0.4, -0.2) is 32.8 Å². The van der Waals surface area contributed by atoms with Gasteiger partial charge in [-0.05, 0) is 49.4 Å². The minimum absolute atomic E-state index is 0.0602. The number of halogens is 2. The molecule has 5 nitrogen and oxygen atoms in total. The van der Waals surface area contributed by atoms with Gasteiger partial charge >= 0.3 is 6.09 Å². The zero-order valence-corrected chi connectivity index (χ0v) is 15.5. The van der Waals surface area contributed by atoms with E-state index in [1.807, 2.05) is 13.8 Å². The van der Waals surface area contributed by atoms with Crippen molar-refractivity contribution in [3.05, 3.63) is 47.2 Å². The van der Waals surface area contributed by atoms with Crippen molar-refractivity contribution in [1.82, 2.24) is 15.1 Å². The van der Waals surface area contributed by atoms with Gasteiger partial charge in [-0.25, -0.2) is 13.6 Å². The largest absolute Gasteiger partial charge is 0.465 e. The average Bonchev–Trinajstić information content (AvgIpc) is 2.96. The third-order valence-corrected chi connectivity index (χ3v) is 6.55. The zero-order valence-electron chi connectivity index (χ0n) is 15.5. The molecule has 2 atom stereocenters. The lowest BCUT2D eigenvalue weighted by Crippen LogP contribution is -2.53. The van der Waals surface area contributed by atoms with E-state index in [2.05, 4.69) is 10.2 Å². The summed E-state index contributed by atoms with van der Waals surface area (Å²) in [5.74, 6) is -1.32. The van der Waals surface area contributed by atoms with Gasteiger partial charge < -0.3 is 5.11 Å². The quantitative estimate of drug-likeness (QED) is 0.858. The first-order valence-corrected chi connectivity index (χ1v) is 9.08. The van der Waals surface area contributed by atoms with Crippen molar-refractivity contribution >= 4 is 6.09 Å². The molecule has 0 saturated heterocycles. The summed E-state index contributed by atoms with van der Waals surface area (Å²) >= 11 is 0. The van der Waals surface area contributed by atoms with Gasteiger partial charge in [0.25, 0.3) is 0 Å². The Morgan fingerprint density at radius 1 is 1.30 bits per heavy atom. The average molecular weight is 373 g/mol. The van der Waals surface area contributed by atoms with Crippen molar-refractivity contribution < 1.29 is 18.7 Å². The zero-order chi connectivity index (χ0) is 19.6. The van der Waals surface area contributed by atoms with Crippen LogP contribution in [0.4, 0.5) is 13.6 Å². The highest BCUT2D eigenvalue weighted by Gasteiger charge is 2.67. The number of rotatable bonds is 3. The number of carbonyl (C=O) groups is 1. The molecule has 1 saturated carbocycles. The smallest absolute Gasteiger partial charge is 0.408 e. The minimum atomic E-state index is -0.995. The Kier molecular flexibility index (Phi) is 3.77. The van der Waals surface area contributed by atoms with Gasteiger partial charge in [0.15, 0.2) is 0 Å². The SMILES string of the molecule is CCN(C(=O)O)[C@@]12CC[C@@H](c3cc(-c4c(F)cccc4F)nnc31)C2(C)C. The topological polar surface area (TPSA) is 66.3 Å². The van der Waals surface area contributed by atoms with Crippen LogP contribution in [0.2, 0.25) is 0 Å². The fourth-order valence-corrected chi connectivity index (χ4v) is 5.33. The van der Waals surface area contributed by atoms with Crippen LogP contribution >= 0.6 is 0 Å². The highest BCUT2D eigenvalue weighted by molar-refractivity contribution is 5.69. The second-order valence-electron chi connectivity index (χ2n) is 7.83. The van der Waals surface area contributed by atoms with E-state index in [1.165, 1.54) is 23.1 Å². The van der Waals surface area contributed by atoms with Crippen LogP contribution in [0.3, 0.4) is 0 Å². The molecule has 142 valence electrons. The molecule has 2 bridgehead atoms. The maximum atomic E-state index is 14.2. The molecular weight excluding hydrogens is 352 g/mol. The molecule has 0 unspecified atom stereocenters. The predicted octanol–water partition coefficient (Wildman–Crippen LogP) is 4.53. The maximum Gasteiger partial charge on any atom is 0.408 e. The summed E-state index contributed by atoms with van der Waals surface area (Å²) in [6.07, 6.45) is 0.472. The van der Waals surface area contributed by atoms with Crippen LogP contribution in [0.1, 0.15) is 50.8 Å². The van der Waals surface area contributed by atoms with E-state index in [9.17, 15) is 18.7 Å². The molecule has 1 aromatic heterocycles. The van der Waals surface area contributed by atoms with Gasteiger partial charge in [0.05, 0.1) is 22.5 Å². The molecule has 1 heterocycles. The van der Waals surface area contributed by atoms with Crippen molar-refractivity contribution in [2.45, 2.75) is 45.1 Å². The molecule has 2 aliphatic carbocycles. The number of carboxylic acid groups (broad SMARTS) is 1.